The first-order valence-corrected chi connectivity index (χ1v) is 6.65. The zero-order valence-corrected chi connectivity index (χ0v) is 11.5. The lowest BCUT2D eigenvalue weighted by molar-refractivity contribution is -0.274. The van der Waals surface area contributed by atoms with Crippen LogP contribution in [0.1, 0.15) is 16.5 Å². The van der Waals surface area contributed by atoms with Crippen LogP contribution in [0.2, 0.25) is 4.34 Å². The molecule has 0 spiro atoms. The maximum atomic E-state index is 12.1. The van der Waals surface area contributed by atoms with Gasteiger partial charge in [-0.25, -0.2) is 5.43 Å². The number of halogens is 4. The molecule has 0 amide bonds. The lowest BCUT2D eigenvalue weighted by Crippen LogP contribution is -2.28. The molecule has 0 bridgehead atoms. The van der Waals surface area contributed by atoms with Gasteiger partial charge in [0.2, 0.25) is 0 Å². The Labute approximate surface area is 122 Å². The topological polar surface area (TPSA) is 47.3 Å². The number of nitrogens with two attached hydrogens (primary N) is 1. The minimum atomic E-state index is -4.70. The summed E-state index contributed by atoms with van der Waals surface area (Å²) in [6, 6.07) is 8.70. The summed E-state index contributed by atoms with van der Waals surface area (Å²) >= 11 is 7.19. The van der Waals surface area contributed by atoms with Gasteiger partial charge in [-0.05, 0) is 29.8 Å². The Kier molecular flexibility index (Phi) is 4.54. The van der Waals surface area contributed by atoms with Crippen LogP contribution in [0.4, 0.5) is 13.2 Å². The summed E-state index contributed by atoms with van der Waals surface area (Å²) < 4.78 is 40.6. The molecule has 0 aliphatic rings. The smallest absolute Gasteiger partial charge is 0.406 e. The van der Waals surface area contributed by atoms with Crippen LogP contribution in [0.5, 0.6) is 5.75 Å². The highest BCUT2D eigenvalue weighted by molar-refractivity contribution is 7.16. The third-order valence-corrected chi connectivity index (χ3v) is 3.79. The van der Waals surface area contributed by atoms with Crippen LogP contribution in [-0.4, -0.2) is 6.36 Å². The Morgan fingerprint density at radius 2 is 1.80 bits per heavy atom. The van der Waals surface area contributed by atoms with Crippen LogP contribution in [0, 0.1) is 0 Å². The SMILES string of the molecule is NNC(c1ccc(OC(F)(F)F)cc1)c1ccc(Cl)s1. The molecule has 3 nitrogen and oxygen atoms in total. The van der Waals surface area contributed by atoms with Crippen molar-refractivity contribution >= 4 is 22.9 Å². The molecule has 2 aromatic rings. The molecular formula is C12H10ClF3N2OS. The standard InChI is InChI=1S/C12H10ClF3N2OS/c13-10-6-5-9(20-10)11(18-17)7-1-3-8(4-2-7)19-12(14,15)16/h1-6,11,18H,17H2. The average Bonchev–Trinajstić information content (AvgIpc) is 2.77. The second-order valence-corrected chi connectivity index (χ2v) is 5.61. The highest BCUT2D eigenvalue weighted by atomic mass is 35.5. The molecule has 1 atom stereocenters. The molecule has 1 aromatic carbocycles. The first-order chi connectivity index (χ1) is 9.39. The molecule has 0 radical (unpaired) electrons. The predicted octanol–water partition coefficient (Wildman–Crippen LogP) is 3.85. The van der Waals surface area contributed by atoms with E-state index in [1.807, 2.05) is 0 Å². The zero-order valence-electron chi connectivity index (χ0n) is 9.95. The molecule has 8 heteroatoms. The molecule has 0 aliphatic carbocycles. The summed E-state index contributed by atoms with van der Waals surface area (Å²) in [5, 5.41) is 0. The van der Waals surface area contributed by atoms with E-state index in [1.54, 1.807) is 12.1 Å². The van der Waals surface area contributed by atoms with Crippen molar-refractivity contribution in [2.75, 3.05) is 0 Å². The van der Waals surface area contributed by atoms with E-state index in [2.05, 4.69) is 10.2 Å². The number of benzene rings is 1. The molecule has 108 valence electrons. The molecule has 1 aromatic heterocycles. The molecule has 20 heavy (non-hydrogen) atoms. The first kappa shape index (κ1) is 15.1. The number of nitrogens with one attached hydrogen (secondary N) is 1. The van der Waals surface area contributed by atoms with Crippen molar-refractivity contribution in [3.63, 3.8) is 0 Å². The second-order valence-electron chi connectivity index (χ2n) is 3.86. The van der Waals surface area contributed by atoms with Crippen LogP contribution in [0.15, 0.2) is 36.4 Å². The summed E-state index contributed by atoms with van der Waals surface area (Å²) in [7, 11) is 0. The Morgan fingerprint density at radius 1 is 1.15 bits per heavy atom. The van der Waals surface area contributed by atoms with E-state index < -0.39 is 6.36 Å². The van der Waals surface area contributed by atoms with Crippen molar-refractivity contribution in [3.8, 4) is 5.75 Å². The van der Waals surface area contributed by atoms with Crippen LogP contribution < -0.4 is 16.0 Å². The minimum Gasteiger partial charge on any atom is -0.406 e. The zero-order chi connectivity index (χ0) is 14.8. The monoisotopic (exact) mass is 322 g/mol. The molecule has 0 aliphatic heterocycles. The summed E-state index contributed by atoms with van der Waals surface area (Å²) in [5.41, 5.74) is 3.31. The van der Waals surface area contributed by atoms with Crippen molar-refractivity contribution in [1.29, 1.82) is 0 Å². The number of alkyl halides is 3. The summed E-state index contributed by atoms with van der Waals surface area (Å²) in [5.74, 6) is 5.21. The Morgan fingerprint density at radius 3 is 2.25 bits per heavy atom. The normalized spacial score (nSPS) is 13.2. The van der Waals surface area contributed by atoms with Crippen molar-refractivity contribution in [2.45, 2.75) is 12.4 Å². The summed E-state index contributed by atoms with van der Waals surface area (Å²) in [6.45, 7) is 0. The van der Waals surface area contributed by atoms with Gasteiger partial charge in [0.25, 0.3) is 0 Å². The van der Waals surface area contributed by atoms with Crippen LogP contribution in [0.3, 0.4) is 0 Å². The highest BCUT2D eigenvalue weighted by Gasteiger charge is 2.31. The third-order valence-electron chi connectivity index (χ3n) is 2.49. The van der Waals surface area contributed by atoms with Gasteiger partial charge in [-0.2, -0.15) is 0 Å². The van der Waals surface area contributed by atoms with Gasteiger partial charge in [-0.15, -0.1) is 24.5 Å². The van der Waals surface area contributed by atoms with Gasteiger partial charge in [0.1, 0.15) is 5.75 Å². The third kappa shape index (κ3) is 3.86. The van der Waals surface area contributed by atoms with Crippen molar-refractivity contribution in [1.82, 2.24) is 5.43 Å². The van der Waals surface area contributed by atoms with Gasteiger partial charge in [-0.3, -0.25) is 5.84 Å². The van der Waals surface area contributed by atoms with Crippen molar-refractivity contribution in [3.05, 3.63) is 51.2 Å². The average molecular weight is 323 g/mol. The van der Waals surface area contributed by atoms with Crippen LogP contribution in [0.25, 0.3) is 0 Å². The quantitative estimate of drug-likeness (QED) is 0.664. The van der Waals surface area contributed by atoms with Gasteiger partial charge >= 0.3 is 6.36 Å². The maximum Gasteiger partial charge on any atom is 0.573 e. The lowest BCUT2D eigenvalue weighted by atomic mass is 10.1. The fourth-order valence-corrected chi connectivity index (χ4v) is 2.84. The van der Waals surface area contributed by atoms with E-state index in [0.717, 1.165) is 4.88 Å². The van der Waals surface area contributed by atoms with Gasteiger partial charge in [0, 0.05) is 4.88 Å². The number of thiophene rings is 1. The van der Waals surface area contributed by atoms with E-state index in [-0.39, 0.29) is 11.8 Å². The highest BCUT2D eigenvalue weighted by Crippen LogP contribution is 2.32. The molecular weight excluding hydrogens is 313 g/mol. The number of rotatable bonds is 4. The van der Waals surface area contributed by atoms with E-state index in [1.165, 1.54) is 35.6 Å². The van der Waals surface area contributed by atoms with Gasteiger partial charge < -0.3 is 4.74 Å². The Balaban J connectivity index is 2.19. The number of hydrazine groups is 1. The molecule has 3 N–H and O–H groups in total. The molecule has 0 saturated heterocycles. The Bertz CT molecular complexity index is 571. The number of hydrogen-bond acceptors (Lipinski definition) is 4. The summed E-state index contributed by atoms with van der Waals surface area (Å²) in [6.07, 6.45) is -4.70. The molecule has 2 rings (SSSR count). The predicted molar refractivity (Wildman–Crippen MR) is 71.6 cm³/mol. The van der Waals surface area contributed by atoms with Gasteiger partial charge in [0.05, 0.1) is 10.4 Å². The number of ether oxygens (including phenoxy) is 1. The molecule has 0 fully saturated rings. The van der Waals surface area contributed by atoms with Crippen LogP contribution in [-0.2, 0) is 0 Å². The van der Waals surface area contributed by atoms with E-state index >= 15 is 0 Å². The van der Waals surface area contributed by atoms with E-state index in [9.17, 15) is 13.2 Å². The minimum absolute atomic E-state index is 0.277. The lowest BCUT2D eigenvalue weighted by Gasteiger charge is -2.15. The largest absolute Gasteiger partial charge is 0.573 e. The fourth-order valence-electron chi connectivity index (χ4n) is 1.69. The molecule has 1 unspecified atom stereocenters. The molecule has 0 saturated carbocycles. The second kappa shape index (κ2) is 6.01. The first-order valence-electron chi connectivity index (χ1n) is 5.46. The van der Waals surface area contributed by atoms with Gasteiger partial charge in [0.15, 0.2) is 0 Å². The van der Waals surface area contributed by atoms with Crippen molar-refractivity contribution in [2.24, 2.45) is 5.84 Å². The van der Waals surface area contributed by atoms with Crippen LogP contribution >= 0.6 is 22.9 Å². The van der Waals surface area contributed by atoms with E-state index in [4.69, 9.17) is 17.4 Å². The number of hydrogen-bond donors (Lipinski definition) is 2. The summed E-state index contributed by atoms with van der Waals surface area (Å²) in [4.78, 5) is 0.863. The fraction of sp³-hybridized carbons (Fsp3) is 0.167. The Hall–Kier alpha value is -1.28. The maximum absolute atomic E-state index is 12.1. The van der Waals surface area contributed by atoms with Crippen molar-refractivity contribution < 1.29 is 17.9 Å². The van der Waals surface area contributed by atoms with E-state index in [0.29, 0.717) is 9.90 Å². The molecule has 1 heterocycles. The van der Waals surface area contributed by atoms with Gasteiger partial charge in [-0.1, -0.05) is 23.7 Å².